The molecule has 0 aliphatic carbocycles. The number of sulfonamides is 1. The highest BCUT2D eigenvalue weighted by Crippen LogP contribution is 2.36. The molecule has 2 aliphatic heterocycles. The Hall–Kier alpha value is -1.19. The maximum absolute atomic E-state index is 13.2. The first-order valence-corrected chi connectivity index (χ1v) is 13.6. The monoisotopic (exact) mass is 483 g/mol. The fraction of sp³-hybridized carbons (Fsp3) is 0.591. The number of hydrogen-bond donors (Lipinski definition) is 1. The Bertz CT molecular complexity index is 1080. The number of likely N-dealkylation sites (tertiary alicyclic amines) is 2. The van der Waals surface area contributed by atoms with Crippen LogP contribution in [-0.2, 0) is 14.8 Å². The molecule has 1 amide bonds. The van der Waals surface area contributed by atoms with E-state index in [4.69, 9.17) is 11.6 Å². The van der Waals surface area contributed by atoms with E-state index in [1.165, 1.54) is 11.3 Å². The molecule has 0 radical (unpaired) electrons. The summed E-state index contributed by atoms with van der Waals surface area (Å²) in [5, 5.41) is 1.42. The molecule has 3 heterocycles. The smallest absolute Gasteiger partial charge is 0.251 e. The molecule has 2 aromatic rings. The van der Waals surface area contributed by atoms with Crippen molar-refractivity contribution in [2.45, 2.75) is 68.8 Å². The summed E-state index contributed by atoms with van der Waals surface area (Å²) in [5.41, 5.74) is 0.677. The highest BCUT2D eigenvalue weighted by molar-refractivity contribution is 7.91. The zero-order chi connectivity index (χ0) is 22.3. The van der Waals surface area contributed by atoms with Gasteiger partial charge >= 0.3 is 0 Å². The zero-order valence-corrected chi connectivity index (χ0v) is 20.6. The van der Waals surface area contributed by atoms with Gasteiger partial charge in [-0.3, -0.25) is 4.79 Å². The van der Waals surface area contributed by atoms with Gasteiger partial charge in [-0.05, 0) is 75.6 Å². The fourth-order valence-corrected chi connectivity index (χ4v) is 7.91. The van der Waals surface area contributed by atoms with E-state index in [2.05, 4.69) is 23.5 Å². The maximum atomic E-state index is 13.2. The van der Waals surface area contributed by atoms with E-state index in [0.29, 0.717) is 29.6 Å². The summed E-state index contributed by atoms with van der Waals surface area (Å²) in [6.45, 7) is 8.85. The standard InChI is InChI=1S/C22H30ClN3O3S2/c1-14(2)25-11-8-17(9-12-25)26-10-4-5-19(21(26)27)24-31(28,29)22-15(3)18-13-16(23)6-7-20(18)30-22/h6-7,13-14,17,19,24H,4-5,8-12H2,1-3H3/t19-/m0/s1. The van der Waals surface area contributed by atoms with Gasteiger partial charge in [0, 0.05) is 41.4 Å². The van der Waals surface area contributed by atoms with Crippen LogP contribution in [0, 0.1) is 6.92 Å². The van der Waals surface area contributed by atoms with E-state index in [1.54, 1.807) is 19.1 Å². The first kappa shape index (κ1) is 23.0. The fourth-order valence-electron chi connectivity index (χ4n) is 4.75. The number of rotatable bonds is 5. The van der Waals surface area contributed by atoms with Crippen LogP contribution in [-0.4, -0.2) is 61.9 Å². The van der Waals surface area contributed by atoms with E-state index in [9.17, 15) is 13.2 Å². The average Bonchev–Trinajstić information content (AvgIpc) is 3.06. The van der Waals surface area contributed by atoms with Crippen molar-refractivity contribution in [1.82, 2.24) is 14.5 Å². The van der Waals surface area contributed by atoms with Gasteiger partial charge in [0.15, 0.2) is 0 Å². The third-order valence-corrected chi connectivity index (χ3v) is 10.1. The van der Waals surface area contributed by atoms with Crippen LogP contribution >= 0.6 is 22.9 Å². The molecule has 2 aliphatic rings. The molecule has 1 N–H and O–H groups in total. The number of halogens is 1. The van der Waals surface area contributed by atoms with Crippen molar-refractivity contribution in [3.05, 3.63) is 28.8 Å². The molecule has 0 spiro atoms. The number of carbonyl (C=O) groups excluding carboxylic acids is 1. The minimum atomic E-state index is -3.80. The van der Waals surface area contributed by atoms with Gasteiger partial charge in [-0.25, -0.2) is 8.42 Å². The van der Waals surface area contributed by atoms with Gasteiger partial charge in [-0.1, -0.05) is 11.6 Å². The normalized spacial score (nSPS) is 22.0. The predicted octanol–water partition coefficient (Wildman–Crippen LogP) is 4.01. The lowest BCUT2D eigenvalue weighted by molar-refractivity contribution is -0.139. The van der Waals surface area contributed by atoms with Gasteiger partial charge in [0.2, 0.25) is 5.91 Å². The molecule has 1 aromatic carbocycles. The number of amides is 1. The molecular formula is C22H30ClN3O3S2. The van der Waals surface area contributed by atoms with Crippen LogP contribution in [0.25, 0.3) is 10.1 Å². The van der Waals surface area contributed by atoms with Crippen LogP contribution in [0.3, 0.4) is 0 Å². The number of aryl methyl sites for hydroxylation is 1. The number of benzene rings is 1. The molecule has 0 unspecified atom stereocenters. The van der Waals surface area contributed by atoms with Gasteiger partial charge in [0.25, 0.3) is 10.0 Å². The van der Waals surface area contributed by atoms with Crippen LogP contribution in [0.15, 0.2) is 22.4 Å². The SMILES string of the molecule is Cc1c(S(=O)(=O)N[C@H]2CCCN(C3CCN(C(C)C)CC3)C2=O)sc2ccc(Cl)cc12. The summed E-state index contributed by atoms with van der Waals surface area (Å²) in [6.07, 6.45) is 3.23. The van der Waals surface area contributed by atoms with Gasteiger partial charge in [0.05, 0.1) is 0 Å². The van der Waals surface area contributed by atoms with Crippen LogP contribution in [0.1, 0.15) is 45.1 Å². The lowest BCUT2D eigenvalue weighted by Gasteiger charge is -2.43. The second kappa shape index (κ2) is 8.98. The van der Waals surface area contributed by atoms with Gasteiger partial charge in [-0.15, -0.1) is 11.3 Å². The summed E-state index contributed by atoms with van der Waals surface area (Å²) >= 11 is 7.31. The third-order valence-electron chi connectivity index (χ3n) is 6.54. The number of hydrogen-bond acceptors (Lipinski definition) is 5. The highest BCUT2D eigenvalue weighted by Gasteiger charge is 2.37. The number of piperidine rings is 2. The quantitative estimate of drug-likeness (QED) is 0.697. The predicted molar refractivity (Wildman–Crippen MR) is 126 cm³/mol. The second-order valence-electron chi connectivity index (χ2n) is 8.86. The molecule has 2 fully saturated rings. The molecule has 0 saturated carbocycles. The summed E-state index contributed by atoms with van der Waals surface area (Å²) < 4.78 is 30.3. The number of carbonyl (C=O) groups is 1. The molecule has 4 rings (SSSR count). The van der Waals surface area contributed by atoms with Crippen molar-refractivity contribution in [2.75, 3.05) is 19.6 Å². The van der Waals surface area contributed by atoms with Crippen molar-refractivity contribution in [2.24, 2.45) is 0 Å². The van der Waals surface area contributed by atoms with Gasteiger partial charge in [-0.2, -0.15) is 4.72 Å². The van der Waals surface area contributed by atoms with Crippen LogP contribution < -0.4 is 4.72 Å². The van der Waals surface area contributed by atoms with Crippen LogP contribution in [0.2, 0.25) is 5.02 Å². The van der Waals surface area contributed by atoms with Crippen molar-refractivity contribution >= 4 is 49.0 Å². The maximum Gasteiger partial charge on any atom is 0.251 e. The zero-order valence-electron chi connectivity index (χ0n) is 18.2. The molecule has 1 atom stereocenters. The first-order valence-electron chi connectivity index (χ1n) is 10.9. The molecule has 31 heavy (non-hydrogen) atoms. The van der Waals surface area contributed by atoms with Crippen LogP contribution in [0.5, 0.6) is 0 Å². The van der Waals surface area contributed by atoms with Crippen molar-refractivity contribution in [3.8, 4) is 0 Å². The summed E-state index contributed by atoms with van der Waals surface area (Å²) in [5.74, 6) is -0.0837. The molecule has 1 aromatic heterocycles. The first-order chi connectivity index (χ1) is 14.7. The molecule has 6 nitrogen and oxygen atoms in total. The Labute approximate surface area is 193 Å². The number of nitrogens with one attached hydrogen (secondary N) is 1. The largest absolute Gasteiger partial charge is 0.338 e. The van der Waals surface area contributed by atoms with Crippen molar-refractivity contribution in [3.63, 3.8) is 0 Å². The van der Waals surface area contributed by atoms with Gasteiger partial charge in [0.1, 0.15) is 10.3 Å². The molecule has 170 valence electrons. The Morgan fingerprint density at radius 1 is 1.16 bits per heavy atom. The summed E-state index contributed by atoms with van der Waals surface area (Å²) in [6, 6.07) is 5.40. The Kier molecular flexibility index (Phi) is 6.66. The molecule has 9 heteroatoms. The van der Waals surface area contributed by atoms with Crippen LogP contribution in [0.4, 0.5) is 0 Å². The lowest BCUT2D eigenvalue weighted by atomic mass is 9.97. The van der Waals surface area contributed by atoms with Crippen molar-refractivity contribution in [1.29, 1.82) is 0 Å². The van der Waals surface area contributed by atoms with E-state index in [0.717, 1.165) is 42.4 Å². The number of nitrogens with zero attached hydrogens (tertiary/aromatic N) is 2. The second-order valence-corrected chi connectivity index (χ2v) is 12.3. The average molecular weight is 484 g/mol. The van der Waals surface area contributed by atoms with E-state index in [-0.39, 0.29) is 16.2 Å². The Balaban J connectivity index is 1.50. The van der Waals surface area contributed by atoms with E-state index in [1.807, 2.05) is 11.0 Å². The minimum Gasteiger partial charge on any atom is -0.338 e. The Morgan fingerprint density at radius 3 is 2.55 bits per heavy atom. The summed E-state index contributed by atoms with van der Waals surface area (Å²) in [4.78, 5) is 17.6. The lowest BCUT2D eigenvalue weighted by Crippen LogP contribution is -2.57. The Morgan fingerprint density at radius 2 is 1.87 bits per heavy atom. The van der Waals surface area contributed by atoms with Gasteiger partial charge < -0.3 is 9.80 Å². The van der Waals surface area contributed by atoms with E-state index >= 15 is 0 Å². The minimum absolute atomic E-state index is 0.0837. The van der Waals surface area contributed by atoms with E-state index < -0.39 is 16.1 Å². The molecular weight excluding hydrogens is 454 g/mol. The molecule has 2 saturated heterocycles. The third kappa shape index (κ3) is 4.64. The summed E-state index contributed by atoms with van der Waals surface area (Å²) in [7, 11) is -3.80. The number of fused-ring (bicyclic) bond motifs is 1. The highest BCUT2D eigenvalue weighted by atomic mass is 35.5. The van der Waals surface area contributed by atoms with Crippen molar-refractivity contribution < 1.29 is 13.2 Å². The molecule has 0 bridgehead atoms. The topological polar surface area (TPSA) is 69.7 Å². The number of thiophene rings is 1.